The first-order valence-electron chi connectivity index (χ1n) is 17.4. The monoisotopic (exact) mass is 580 g/mol. The van der Waals surface area contributed by atoms with E-state index >= 15 is 0 Å². The second kappa shape index (κ2) is 30.1. The molecule has 0 aromatic carbocycles. The summed E-state index contributed by atoms with van der Waals surface area (Å²) in [5.41, 5.74) is 3.21. The van der Waals surface area contributed by atoms with Gasteiger partial charge in [0.2, 0.25) is 5.91 Å². The summed E-state index contributed by atoms with van der Waals surface area (Å²) in [4.78, 5) is 24.8. The second-order valence-corrected chi connectivity index (χ2v) is 12.3. The SMILES string of the molecule is CCCCCCCC/C=C\CCCCCCCCNC(=O)C(CCCOC(=O)CCC(C)CCCCC)NN(C)C. The van der Waals surface area contributed by atoms with Crippen molar-refractivity contribution in [2.24, 2.45) is 5.92 Å². The fourth-order valence-electron chi connectivity index (χ4n) is 5.07. The lowest BCUT2D eigenvalue weighted by Gasteiger charge is -2.22. The van der Waals surface area contributed by atoms with Crippen LogP contribution in [0.25, 0.3) is 0 Å². The Morgan fingerprint density at radius 2 is 1.27 bits per heavy atom. The third kappa shape index (κ3) is 28.5. The summed E-state index contributed by atoms with van der Waals surface area (Å²) in [5.74, 6) is 0.478. The highest BCUT2D eigenvalue weighted by Gasteiger charge is 2.18. The molecule has 0 aliphatic heterocycles. The fraction of sp³-hybridized carbons (Fsp3) is 0.886. The van der Waals surface area contributed by atoms with Crippen molar-refractivity contribution < 1.29 is 14.3 Å². The van der Waals surface area contributed by atoms with Crippen LogP contribution in [0.15, 0.2) is 12.2 Å². The maximum Gasteiger partial charge on any atom is 0.305 e. The second-order valence-electron chi connectivity index (χ2n) is 12.3. The highest BCUT2D eigenvalue weighted by atomic mass is 16.5. The maximum absolute atomic E-state index is 12.7. The van der Waals surface area contributed by atoms with E-state index < -0.39 is 0 Å². The van der Waals surface area contributed by atoms with Crippen LogP contribution in [0.3, 0.4) is 0 Å². The minimum atomic E-state index is -0.309. The van der Waals surface area contributed by atoms with Gasteiger partial charge in [0.1, 0.15) is 6.04 Å². The Morgan fingerprint density at radius 3 is 1.88 bits per heavy atom. The normalized spacial score (nSPS) is 13.1. The average molecular weight is 580 g/mol. The topological polar surface area (TPSA) is 70.7 Å². The zero-order valence-electron chi connectivity index (χ0n) is 28.0. The Kier molecular flexibility index (Phi) is 29.0. The Bertz CT molecular complexity index is 624. The molecule has 0 heterocycles. The number of ether oxygens (including phenoxy) is 1. The minimum absolute atomic E-state index is 0.0266. The maximum atomic E-state index is 12.7. The predicted molar refractivity (Wildman–Crippen MR) is 176 cm³/mol. The van der Waals surface area contributed by atoms with Crippen LogP contribution in [0, 0.1) is 5.92 Å². The largest absolute Gasteiger partial charge is 0.466 e. The van der Waals surface area contributed by atoms with Gasteiger partial charge in [-0.1, -0.05) is 116 Å². The van der Waals surface area contributed by atoms with Crippen molar-refractivity contribution >= 4 is 11.9 Å². The van der Waals surface area contributed by atoms with E-state index in [0.29, 0.717) is 31.8 Å². The molecular formula is C35H69N3O3. The number of carbonyl (C=O) groups excluding carboxylic acids is 2. The van der Waals surface area contributed by atoms with E-state index in [0.717, 1.165) is 25.8 Å². The number of hydrazine groups is 1. The molecule has 6 nitrogen and oxygen atoms in total. The number of allylic oxidation sites excluding steroid dienone is 2. The summed E-state index contributed by atoms with van der Waals surface area (Å²) >= 11 is 0. The van der Waals surface area contributed by atoms with Crippen LogP contribution < -0.4 is 10.7 Å². The van der Waals surface area contributed by atoms with Crippen LogP contribution in [0.5, 0.6) is 0 Å². The van der Waals surface area contributed by atoms with Crippen molar-refractivity contribution in [3.8, 4) is 0 Å². The van der Waals surface area contributed by atoms with Crippen LogP contribution in [-0.2, 0) is 14.3 Å². The molecule has 0 fully saturated rings. The molecule has 0 aromatic rings. The molecule has 6 heteroatoms. The van der Waals surface area contributed by atoms with Gasteiger partial charge < -0.3 is 10.1 Å². The van der Waals surface area contributed by atoms with Gasteiger partial charge >= 0.3 is 5.97 Å². The molecule has 0 aromatic heterocycles. The molecule has 2 atom stereocenters. The molecule has 242 valence electrons. The lowest BCUT2D eigenvalue weighted by atomic mass is 9.98. The highest BCUT2D eigenvalue weighted by Crippen LogP contribution is 2.15. The van der Waals surface area contributed by atoms with Crippen molar-refractivity contribution in [3.05, 3.63) is 12.2 Å². The van der Waals surface area contributed by atoms with Gasteiger partial charge in [-0.25, -0.2) is 10.4 Å². The van der Waals surface area contributed by atoms with E-state index in [1.807, 2.05) is 19.1 Å². The predicted octanol–water partition coefficient (Wildman–Crippen LogP) is 8.89. The summed E-state index contributed by atoms with van der Waals surface area (Å²) in [6.07, 6.45) is 30.4. The van der Waals surface area contributed by atoms with Crippen LogP contribution in [0.1, 0.15) is 162 Å². The highest BCUT2D eigenvalue weighted by molar-refractivity contribution is 5.81. The Balaban J connectivity index is 3.82. The molecule has 0 bridgehead atoms. The van der Waals surface area contributed by atoms with Gasteiger partial charge in [-0.3, -0.25) is 9.59 Å². The first kappa shape index (κ1) is 39.6. The van der Waals surface area contributed by atoms with Crippen LogP contribution in [0.2, 0.25) is 0 Å². The standard InChI is InChI=1S/C35H69N3O3/c1-6-8-10-11-12-13-14-15-16-17-18-19-20-21-22-24-30-36-35(40)33(37-38(4)5)27-25-31-41-34(39)29-28-32(3)26-23-9-7-2/h15-16,32-33,37H,6-14,17-31H2,1-5H3,(H,36,40)/b16-15-. The molecule has 0 saturated carbocycles. The van der Waals surface area contributed by atoms with Gasteiger partial charge in [0, 0.05) is 27.1 Å². The zero-order valence-corrected chi connectivity index (χ0v) is 28.0. The number of rotatable bonds is 30. The fourth-order valence-corrected chi connectivity index (χ4v) is 5.07. The van der Waals surface area contributed by atoms with Crippen molar-refractivity contribution in [2.45, 2.75) is 168 Å². The van der Waals surface area contributed by atoms with Gasteiger partial charge in [0.25, 0.3) is 0 Å². The van der Waals surface area contributed by atoms with Crippen molar-refractivity contribution in [1.82, 2.24) is 15.8 Å². The summed E-state index contributed by atoms with van der Waals surface area (Å²) in [6.45, 7) is 7.79. The van der Waals surface area contributed by atoms with Crippen molar-refractivity contribution in [2.75, 3.05) is 27.2 Å². The summed E-state index contributed by atoms with van der Waals surface area (Å²) in [6, 6.07) is -0.309. The molecule has 0 saturated heterocycles. The van der Waals surface area contributed by atoms with Crippen LogP contribution in [0.4, 0.5) is 0 Å². The summed E-state index contributed by atoms with van der Waals surface area (Å²) in [7, 11) is 3.79. The molecule has 0 spiro atoms. The molecule has 0 aliphatic rings. The number of unbranched alkanes of at least 4 members (excludes halogenated alkanes) is 14. The van der Waals surface area contributed by atoms with E-state index in [4.69, 9.17) is 4.74 Å². The molecule has 2 unspecified atom stereocenters. The number of amides is 1. The average Bonchev–Trinajstić information content (AvgIpc) is 2.95. The molecule has 41 heavy (non-hydrogen) atoms. The number of hydrogen-bond donors (Lipinski definition) is 2. The third-order valence-corrected chi connectivity index (χ3v) is 7.76. The van der Waals surface area contributed by atoms with E-state index in [-0.39, 0.29) is 17.9 Å². The van der Waals surface area contributed by atoms with E-state index in [1.54, 1.807) is 0 Å². The van der Waals surface area contributed by atoms with E-state index in [2.05, 4.69) is 43.7 Å². The number of hydrogen-bond acceptors (Lipinski definition) is 5. The molecule has 0 rings (SSSR count). The molecule has 0 radical (unpaired) electrons. The van der Waals surface area contributed by atoms with Gasteiger partial charge in [-0.05, 0) is 57.3 Å². The smallest absolute Gasteiger partial charge is 0.305 e. The van der Waals surface area contributed by atoms with Gasteiger partial charge in [-0.15, -0.1) is 0 Å². The van der Waals surface area contributed by atoms with Gasteiger partial charge in [-0.2, -0.15) is 0 Å². The zero-order chi connectivity index (χ0) is 30.4. The quantitative estimate of drug-likeness (QED) is 0.0385. The lowest BCUT2D eigenvalue weighted by molar-refractivity contribution is -0.144. The molecular weight excluding hydrogens is 510 g/mol. The van der Waals surface area contributed by atoms with Crippen molar-refractivity contribution in [1.29, 1.82) is 0 Å². The number of nitrogens with one attached hydrogen (secondary N) is 2. The first-order chi connectivity index (χ1) is 19.9. The van der Waals surface area contributed by atoms with E-state index in [1.165, 1.54) is 103 Å². The van der Waals surface area contributed by atoms with Crippen LogP contribution >= 0.6 is 0 Å². The number of esters is 1. The number of nitrogens with zero attached hydrogens (tertiary/aromatic N) is 1. The Hall–Kier alpha value is -1.40. The lowest BCUT2D eigenvalue weighted by Crippen LogP contribution is -2.49. The first-order valence-corrected chi connectivity index (χ1v) is 17.4. The number of carbonyl (C=O) groups is 2. The molecule has 1 amide bonds. The van der Waals surface area contributed by atoms with Gasteiger partial charge in [0.05, 0.1) is 6.61 Å². The molecule has 2 N–H and O–H groups in total. The third-order valence-electron chi connectivity index (χ3n) is 7.76. The van der Waals surface area contributed by atoms with E-state index in [9.17, 15) is 9.59 Å². The summed E-state index contributed by atoms with van der Waals surface area (Å²) < 4.78 is 5.43. The minimum Gasteiger partial charge on any atom is -0.466 e. The van der Waals surface area contributed by atoms with Crippen LogP contribution in [-0.4, -0.2) is 50.2 Å². The Morgan fingerprint density at radius 1 is 0.707 bits per heavy atom. The van der Waals surface area contributed by atoms with Gasteiger partial charge in [0.15, 0.2) is 0 Å². The molecule has 0 aliphatic carbocycles. The Labute approximate surface area is 255 Å². The van der Waals surface area contributed by atoms with Crippen molar-refractivity contribution in [3.63, 3.8) is 0 Å². The summed E-state index contributed by atoms with van der Waals surface area (Å²) in [5, 5.41) is 4.92.